The van der Waals surface area contributed by atoms with E-state index in [1.54, 1.807) is 28.2 Å². The third-order valence-electron chi connectivity index (χ3n) is 5.94. The van der Waals surface area contributed by atoms with Crippen LogP contribution in [-0.2, 0) is 0 Å². The van der Waals surface area contributed by atoms with Gasteiger partial charge < -0.3 is 0 Å². The van der Waals surface area contributed by atoms with Gasteiger partial charge in [0.05, 0.1) is 44.8 Å². The second kappa shape index (κ2) is 8.64. The van der Waals surface area contributed by atoms with Crippen LogP contribution in [0.3, 0.4) is 0 Å². The summed E-state index contributed by atoms with van der Waals surface area (Å²) in [5.41, 5.74) is 13.3. The molecule has 0 saturated heterocycles. The Labute approximate surface area is 222 Å². The highest BCUT2D eigenvalue weighted by atomic mass is 79.9. The first-order valence-electron chi connectivity index (χ1n) is 11.1. The number of thiazole rings is 2. The van der Waals surface area contributed by atoms with Crippen LogP contribution < -0.4 is 0 Å². The van der Waals surface area contributed by atoms with Crippen molar-refractivity contribution in [1.29, 1.82) is 0 Å². The van der Waals surface area contributed by atoms with Gasteiger partial charge in [-0.15, -0.1) is 22.7 Å². The zero-order valence-corrected chi connectivity index (χ0v) is 23.3. The second-order valence-corrected chi connectivity index (χ2v) is 10.8. The third-order valence-corrected chi connectivity index (χ3v) is 7.89. The topological polar surface area (TPSA) is 99.0 Å². The van der Waals surface area contributed by atoms with Crippen molar-refractivity contribution < 1.29 is 0 Å². The number of hydrogen-bond donors (Lipinski definition) is 0. The molecule has 180 valence electrons. The normalized spacial score (nSPS) is 11.6. The van der Waals surface area contributed by atoms with Gasteiger partial charge in [0.1, 0.15) is 5.82 Å². The molecule has 7 aromatic rings. The van der Waals surface area contributed by atoms with Crippen molar-refractivity contribution in [1.82, 2.24) is 43.7 Å². The van der Waals surface area contributed by atoms with Crippen LogP contribution in [0.5, 0.6) is 0 Å². The molecule has 0 N–H and O–H groups in total. The molecule has 7 aromatic heterocycles. The predicted molar refractivity (Wildman–Crippen MR) is 147 cm³/mol. The molecule has 9 nitrogen and oxygen atoms in total. The fourth-order valence-corrected chi connectivity index (χ4v) is 6.40. The maximum atomic E-state index is 4.73. The van der Waals surface area contributed by atoms with E-state index in [0.29, 0.717) is 0 Å². The molecule has 0 aliphatic heterocycles. The molecule has 0 fully saturated rings. The molecule has 0 aliphatic rings. The predicted octanol–water partition coefficient (Wildman–Crippen LogP) is 6.04. The minimum absolute atomic E-state index is 0.788. The Kier molecular flexibility index (Phi) is 5.54. The van der Waals surface area contributed by atoms with Crippen molar-refractivity contribution in [3.63, 3.8) is 0 Å². The number of halogens is 1. The van der Waals surface area contributed by atoms with Gasteiger partial charge in [-0.25, -0.2) is 29.9 Å². The summed E-state index contributed by atoms with van der Waals surface area (Å²) in [6, 6.07) is 4.04. The second-order valence-electron chi connectivity index (χ2n) is 8.40. The lowest BCUT2D eigenvalue weighted by Gasteiger charge is -2.04. The van der Waals surface area contributed by atoms with E-state index in [9.17, 15) is 0 Å². The molecular formula is C24H20BrN9S2. The Morgan fingerprint density at radius 3 is 1.83 bits per heavy atom. The van der Waals surface area contributed by atoms with Crippen LogP contribution >= 0.6 is 38.6 Å². The Balaban J connectivity index is 0.000000141. The first-order valence-corrected chi connectivity index (χ1v) is 13.6. The van der Waals surface area contributed by atoms with Gasteiger partial charge in [-0.3, -0.25) is 13.8 Å². The van der Waals surface area contributed by atoms with Gasteiger partial charge in [0.15, 0.2) is 25.7 Å². The largest absolute Gasteiger partial charge is 0.272 e. The first-order chi connectivity index (χ1) is 17.3. The van der Waals surface area contributed by atoms with Crippen LogP contribution in [0.25, 0.3) is 43.4 Å². The van der Waals surface area contributed by atoms with Gasteiger partial charge in [-0.05, 0) is 62.7 Å². The van der Waals surface area contributed by atoms with Crippen molar-refractivity contribution >= 4 is 70.6 Å². The summed E-state index contributed by atoms with van der Waals surface area (Å²) in [6.45, 7) is 9.97. The molecule has 0 atom stereocenters. The molecule has 12 heteroatoms. The Morgan fingerprint density at radius 1 is 0.667 bits per heavy atom. The van der Waals surface area contributed by atoms with Crippen LogP contribution in [-0.4, -0.2) is 43.7 Å². The van der Waals surface area contributed by atoms with Crippen molar-refractivity contribution in [3.8, 4) is 11.4 Å². The summed E-state index contributed by atoms with van der Waals surface area (Å²) >= 11 is 6.53. The van der Waals surface area contributed by atoms with E-state index in [1.807, 2.05) is 62.9 Å². The monoisotopic (exact) mass is 577 g/mol. The SMILES string of the molecule is Cc1ccc(-c2nc(C)c3c(C)nc4scnc4n23)cn1.Cc1nc(Br)n2c1c(C)nc1scnc12. The molecule has 0 aliphatic carbocycles. The van der Waals surface area contributed by atoms with Gasteiger partial charge in [-0.2, -0.15) is 0 Å². The van der Waals surface area contributed by atoms with E-state index in [2.05, 4.69) is 50.2 Å². The summed E-state index contributed by atoms with van der Waals surface area (Å²) < 4.78 is 4.88. The third kappa shape index (κ3) is 3.59. The average molecular weight is 579 g/mol. The van der Waals surface area contributed by atoms with Crippen molar-refractivity contribution in [2.24, 2.45) is 0 Å². The molecule has 0 bridgehead atoms. The van der Waals surface area contributed by atoms with Crippen LogP contribution in [0.15, 0.2) is 34.1 Å². The van der Waals surface area contributed by atoms with Crippen LogP contribution in [0.1, 0.15) is 28.5 Å². The smallest absolute Gasteiger partial charge is 0.183 e. The minimum Gasteiger partial charge on any atom is -0.272 e. The molecule has 36 heavy (non-hydrogen) atoms. The zero-order valence-electron chi connectivity index (χ0n) is 20.1. The summed E-state index contributed by atoms with van der Waals surface area (Å²) in [5, 5.41) is 0. The first kappa shape index (κ1) is 23.1. The van der Waals surface area contributed by atoms with E-state index < -0.39 is 0 Å². The number of hydrogen-bond acceptors (Lipinski definition) is 9. The highest BCUT2D eigenvalue weighted by molar-refractivity contribution is 9.10. The standard InChI is InChI=1S/C15H13N5S.C9H7BrN4S/c1-8-4-5-11(6-16-8)13-18-9(2)12-10(3)19-15-14(20(12)13)17-7-21-15;1-4-6-5(2)13-9(10)14(6)7-8(12-4)15-3-11-7/h4-7H,1-3H3;3H,1-2H3. The number of aryl methyl sites for hydroxylation is 5. The molecule has 0 spiro atoms. The maximum Gasteiger partial charge on any atom is 0.183 e. The summed E-state index contributed by atoms with van der Waals surface area (Å²) in [7, 11) is 0. The highest BCUT2D eigenvalue weighted by Crippen LogP contribution is 2.29. The van der Waals surface area contributed by atoms with Gasteiger partial charge in [0, 0.05) is 17.5 Å². The van der Waals surface area contributed by atoms with Crippen molar-refractivity contribution in [2.75, 3.05) is 0 Å². The van der Waals surface area contributed by atoms with Gasteiger partial charge in [-0.1, -0.05) is 0 Å². The molecular weight excluding hydrogens is 558 g/mol. The van der Waals surface area contributed by atoms with E-state index >= 15 is 0 Å². The van der Waals surface area contributed by atoms with Crippen molar-refractivity contribution in [2.45, 2.75) is 34.6 Å². The lowest BCUT2D eigenvalue weighted by molar-refractivity contribution is 1.09. The molecule has 7 rings (SSSR count). The van der Waals surface area contributed by atoms with Crippen molar-refractivity contribution in [3.05, 3.63) is 62.6 Å². The number of aromatic nitrogens is 9. The Hall–Kier alpha value is -3.35. The fraction of sp³-hybridized carbons (Fsp3) is 0.208. The van der Waals surface area contributed by atoms with E-state index in [-0.39, 0.29) is 0 Å². The Morgan fingerprint density at radius 2 is 1.22 bits per heavy atom. The van der Waals surface area contributed by atoms with Gasteiger partial charge >= 0.3 is 0 Å². The Bertz CT molecular complexity index is 1910. The lowest BCUT2D eigenvalue weighted by Crippen LogP contribution is -1.96. The van der Waals surface area contributed by atoms with Crippen LogP contribution in [0, 0.1) is 34.6 Å². The number of pyridine rings is 1. The number of imidazole rings is 2. The number of fused-ring (bicyclic) bond motifs is 6. The minimum atomic E-state index is 0.788. The fourth-order valence-electron chi connectivity index (χ4n) is 4.40. The average Bonchev–Trinajstić information content (AvgIpc) is 3.61. The van der Waals surface area contributed by atoms with E-state index in [1.165, 1.54) is 0 Å². The van der Waals surface area contributed by atoms with Gasteiger partial charge in [0.2, 0.25) is 0 Å². The quantitative estimate of drug-likeness (QED) is 0.234. The molecule has 7 heterocycles. The zero-order chi connectivity index (χ0) is 25.1. The van der Waals surface area contributed by atoms with Crippen LogP contribution in [0.2, 0.25) is 0 Å². The summed E-state index contributed by atoms with van der Waals surface area (Å²) in [5.74, 6) is 0.872. The van der Waals surface area contributed by atoms with E-state index in [4.69, 9.17) is 4.98 Å². The molecule has 0 radical (unpaired) electrons. The van der Waals surface area contributed by atoms with Crippen LogP contribution in [0.4, 0.5) is 0 Å². The molecule has 0 unspecified atom stereocenters. The maximum absolute atomic E-state index is 4.73. The molecule has 0 saturated carbocycles. The summed E-state index contributed by atoms with van der Waals surface area (Å²) in [6.07, 6.45) is 1.86. The highest BCUT2D eigenvalue weighted by Gasteiger charge is 2.18. The molecule has 0 amide bonds. The lowest BCUT2D eigenvalue weighted by atomic mass is 10.2. The number of nitrogens with zero attached hydrogens (tertiary/aromatic N) is 9. The number of rotatable bonds is 1. The molecule has 0 aromatic carbocycles. The van der Waals surface area contributed by atoms with Gasteiger partial charge in [0.25, 0.3) is 0 Å². The summed E-state index contributed by atoms with van der Waals surface area (Å²) in [4.78, 5) is 33.3. The van der Waals surface area contributed by atoms with E-state index in [0.717, 1.165) is 76.6 Å².